The molecule has 7 heteroatoms. The van der Waals surface area contributed by atoms with Gasteiger partial charge in [-0.3, -0.25) is 9.97 Å². The highest BCUT2D eigenvalue weighted by atomic mass is 32.2. The van der Waals surface area contributed by atoms with E-state index in [2.05, 4.69) is 47.4 Å². The quantitative estimate of drug-likeness (QED) is 0.271. The molecule has 0 aliphatic heterocycles. The van der Waals surface area contributed by atoms with Crippen LogP contribution in [0.1, 0.15) is 44.8 Å². The van der Waals surface area contributed by atoms with Crippen molar-refractivity contribution in [2.45, 2.75) is 62.5 Å². The first kappa shape index (κ1) is 26.2. The Labute approximate surface area is 217 Å². The van der Waals surface area contributed by atoms with E-state index in [0.29, 0.717) is 19.6 Å². The van der Waals surface area contributed by atoms with Gasteiger partial charge in [0.25, 0.3) is 0 Å². The minimum atomic E-state index is -1.02. The number of fused-ring (bicyclic) bond motifs is 1. The first-order valence-electron chi connectivity index (χ1n) is 12.1. The summed E-state index contributed by atoms with van der Waals surface area (Å²) in [5.41, 5.74) is 2.98. The molecule has 3 heterocycles. The maximum Gasteiger partial charge on any atom is 0.130 e. The van der Waals surface area contributed by atoms with Crippen molar-refractivity contribution in [1.82, 2.24) is 14.5 Å². The van der Waals surface area contributed by atoms with Crippen LogP contribution in [0.4, 0.5) is 0 Å². The van der Waals surface area contributed by atoms with E-state index in [1.165, 1.54) is 0 Å². The highest BCUT2D eigenvalue weighted by molar-refractivity contribution is 8.00. The molecular formula is C29H35N3O3S. The lowest BCUT2D eigenvalue weighted by atomic mass is 10.0. The molecule has 4 aromatic rings. The Bertz CT molecular complexity index is 1280. The van der Waals surface area contributed by atoms with Crippen molar-refractivity contribution in [3.8, 4) is 5.75 Å². The predicted molar refractivity (Wildman–Crippen MR) is 146 cm³/mol. The lowest BCUT2D eigenvalue weighted by Gasteiger charge is -2.25. The molecule has 3 aromatic heterocycles. The third kappa shape index (κ3) is 6.66. The molecule has 0 saturated heterocycles. The van der Waals surface area contributed by atoms with E-state index in [0.717, 1.165) is 38.6 Å². The third-order valence-corrected chi connectivity index (χ3v) is 6.93. The summed E-state index contributed by atoms with van der Waals surface area (Å²) in [6.45, 7) is 9.70. The van der Waals surface area contributed by atoms with Crippen LogP contribution in [-0.4, -0.2) is 43.7 Å². The van der Waals surface area contributed by atoms with E-state index in [4.69, 9.17) is 9.47 Å². The van der Waals surface area contributed by atoms with Crippen molar-refractivity contribution < 1.29 is 14.6 Å². The van der Waals surface area contributed by atoms with Gasteiger partial charge >= 0.3 is 0 Å². The summed E-state index contributed by atoms with van der Waals surface area (Å²) in [4.78, 5) is 10.1. The van der Waals surface area contributed by atoms with Crippen molar-refractivity contribution in [3.63, 3.8) is 0 Å². The first-order chi connectivity index (χ1) is 17.1. The molecule has 190 valence electrons. The van der Waals surface area contributed by atoms with Crippen LogP contribution in [0, 0.1) is 0 Å². The van der Waals surface area contributed by atoms with Crippen molar-refractivity contribution in [2.24, 2.45) is 0 Å². The Balaban J connectivity index is 1.83. The molecule has 0 fully saturated rings. The standard InChI is InChI=1S/C29H35N3O3S/c1-28(2,3)36-27-24-16-23(35-19-22-11-7-9-15-31-22)12-13-25(24)32(18-21-10-6-8-14-30-21)26(27)17-29(4,33)20-34-5/h6-16,33H,17-20H2,1-5H3. The van der Waals surface area contributed by atoms with Gasteiger partial charge in [0.05, 0.1) is 35.7 Å². The van der Waals surface area contributed by atoms with E-state index in [1.54, 1.807) is 13.3 Å². The van der Waals surface area contributed by atoms with Crippen LogP contribution in [0.5, 0.6) is 5.75 Å². The Morgan fingerprint density at radius 3 is 2.25 bits per heavy atom. The van der Waals surface area contributed by atoms with Crippen molar-refractivity contribution in [1.29, 1.82) is 0 Å². The summed E-state index contributed by atoms with van der Waals surface area (Å²) in [6, 6.07) is 18.0. The number of aliphatic hydroxyl groups is 1. The van der Waals surface area contributed by atoms with E-state index in [-0.39, 0.29) is 11.4 Å². The number of thioether (sulfide) groups is 1. The molecule has 36 heavy (non-hydrogen) atoms. The van der Waals surface area contributed by atoms with Crippen LogP contribution in [0.3, 0.4) is 0 Å². The van der Waals surface area contributed by atoms with Gasteiger partial charge in [0.1, 0.15) is 12.4 Å². The lowest BCUT2D eigenvalue weighted by Crippen LogP contribution is -2.34. The van der Waals surface area contributed by atoms with Crippen molar-refractivity contribution in [2.75, 3.05) is 13.7 Å². The zero-order valence-electron chi connectivity index (χ0n) is 21.7. The minimum Gasteiger partial charge on any atom is -0.487 e. The molecular weight excluding hydrogens is 470 g/mol. The highest BCUT2D eigenvalue weighted by Gasteiger charge is 2.29. The molecule has 0 bridgehead atoms. The van der Waals surface area contributed by atoms with Gasteiger partial charge in [-0.2, -0.15) is 0 Å². The fraction of sp³-hybridized carbons (Fsp3) is 0.379. The van der Waals surface area contributed by atoms with Crippen LogP contribution in [0.15, 0.2) is 71.9 Å². The molecule has 0 saturated carbocycles. The van der Waals surface area contributed by atoms with Crippen LogP contribution < -0.4 is 4.74 Å². The average molecular weight is 506 g/mol. The second-order valence-electron chi connectivity index (χ2n) is 10.3. The fourth-order valence-electron chi connectivity index (χ4n) is 4.24. The van der Waals surface area contributed by atoms with E-state index < -0.39 is 5.60 Å². The first-order valence-corrected chi connectivity index (χ1v) is 12.9. The maximum absolute atomic E-state index is 11.2. The van der Waals surface area contributed by atoms with Crippen molar-refractivity contribution in [3.05, 3.63) is 84.1 Å². The second-order valence-corrected chi connectivity index (χ2v) is 12.1. The number of rotatable bonds is 10. The summed E-state index contributed by atoms with van der Waals surface area (Å²) in [7, 11) is 1.62. The summed E-state index contributed by atoms with van der Waals surface area (Å²) in [5.74, 6) is 0.786. The van der Waals surface area contributed by atoms with Gasteiger partial charge in [-0.15, -0.1) is 11.8 Å². The average Bonchev–Trinajstić information content (AvgIpc) is 3.09. The number of hydrogen-bond acceptors (Lipinski definition) is 6. The molecule has 0 spiro atoms. The fourth-order valence-corrected chi connectivity index (χ4v) is 5.43. The molecule has 1 N–H and O–H groups in total. The summed E-state index contributed by atoms with van der Waals surface area (Å²) in [5, 5.41) is 12.3. The predicted octanol–water partition coefficient (Wildman–Crippen LogP) is 5.89. The van der Waals surface area contributed by atoms with Crippen LogP contribution in [-0.2, 0) is 24.3 Å². The molecule has 0 aliphatic rings. The Morgan fingerprint density at radius 1 is 0.944 bits per heavy atom. The smallest absolute Gasteiger partial charge is 0.130 e. The van der Waals surface area contributed by atoms with Gasteiger partial charge in [0.15, 0.2) is 0 Å². The minimum absolute atomic E-state index is 0.0310. The lowest BCUT2D eigenvalue weighted by molar-refractivity contribution is -0.0175. The van der Waals surface area contributed by atoms with Gasteiger partial charge in [-0.1, -0.05) is 32.9 Å². The van der Waals surface area contributed by atoms with Gasteiger partial charge in [0, 0.05) is 46.6 Å². The zero-order chi connectivity index (χ0) is 25.8. The second kappa shape index (κ2) is 11.0. The zero-order valence-corrected chi connectivity index (χ0v) is 22.5. The number of aromatic nitrogens is 3. The van der Waals surface area contributed by atoms with Gasteiger partial charge in [-0.05, 0) is 49.4 Å². The van der Waals surface area contributed by atoms with E-state index in [1.807, 2.05) is 67.3 Å². The molecule has 1 unspecified atom stereocenters. The van der Waals surface area contributed by atoms with Gasteiger partial charge in [-0.25, -0.2) is 0 Å². The third-order valence-electron chi connectivity index (χ3n) is 5.66. The number of pyridine rings is 2. The molecule has 4 rings (SSSR count). The van der Waals surface area contributed by atoms with Gasteiger partial charge < -0.3 is 19.1 Å². The molecule has 1 aromatic carbocycles. The number of methoxy groups -OCH3 is 1. The number of hydrogen-bond donors (Lipinski definition) is 1. The summed E-state index contributed by atoms with van der Waals surface area (Å²) < 4.78 is 13.7. The largest absolute Gasteiger partial charge is 0.487 e. The van der Waals surface area contributed by atoms with Crippen LogP contribution >= 0.6 is 11.8 Å². The van der Waals surface area contributed by atoms with Gasteiger partial charge in [0.2, 0.25) is 0 Å². The molecule has 6 nitrogen and oxygen atoms in total. The SMILES string of the molecule is COCC(C)(O)Cc1c(SC(C)(C)C)c2cc(OCc3ccccn3)ccc2n1Cc1ccccn1. The monoisotopic (exact) mass is 505 g/mol. The molecule has 0 amide bonds. The normalized spacial score (nSPS) is 13.6. The molecule has 0 radical (unpaired) electrons. The topological polar surface area (TPSA) is 69.4 Å². The highest BCUT2D eigenvalue weighted by Crippen LogP contribution is 2.43. The maximum atomic E-state index is 11.2. The Hall–Kier alpha value is -2.87. The van der Waals surface area contributed by atoms with Crippen LogP contribution in [0.2, 0.25) is 0 Å². The van der Waals surface area contributed by atoms with Crippen LogP contribution in [0.25, 0.3) is 10.9 Å². The van der Waals surface area contributed by atoms with E-state index in [9.17, 15) is 5.11 Å². The Morgan fingerprint density at radius 2 is 1.64 bits per heavy atom. The summed E-state index contributed by atoms with van der Waals surface area (Å²) in [6.07, 6.45) is 4.04. The number of ether oxygens (including phenoxy) is 2. The molecule has 0 aliphatic carbocycles. The Kier molecular flexibility index (Phi) is 8.03. The number of nitrogens with zero attached hydrogens (tertiary/aromatic N) is 3. The van der Waals surface area contributed by atoms with E-state index >= 15 is 0 Å². The number of benzene rings is 1. The van der Waals surface area contributed by atoms with Crippen molar-refractivity contribution >= 4 is 22.7 Å². The molecule has 1 atom stereocenters. The summed E-state index contributed by atoms with van der Waals surface area (Å²) >= 11 is 1.81.